The number of carbonyl (C=O) groups is 2. The number of hydrogen-bond donors (Lipinski definition) is 0. The maximum absolute atomic E-state index is 12.9. The van der Waals surface area contributed by atoms with Crippen LogP contribution >= 0.6 is 0 Å². The van der Waals surface area contributed by atoms with E-state index in [1.54, 1.807) is 24.3 Å². The summed E-state index contributed by atoms with van der Waals surface area (Å²) in [7, 11) is 0. The minimum absolute atomic E-state index is 0.152. The maximum atomic E-state index is 12.9. The van der Waals surface area contributed by atoms with E-state index in [4.69, 9.17) is 19.5 Å². The van der Waals surface area contributed by atoms with Crippen LogP contribution in [0.15, 0.2) is 36.4 Å². The largest absolute Gasteiger partial charge is 0.486 e. The van der Waals surface area contributed by atoms with E-state index in [9.17, 15) is 9.59 Å². The van der Waals surface area contributed by atoms with Gasteiger partial charge in [0.05, 0.1) is 18.1 Å². The standard InChI is InChI=1S/C24H24N2O5/c25-10-3-11-26(20-8-9-21-22(15-20)30-13-12-29-21)23(27)16-31-24(28)19-7-6-17-4-1-2-5-18(17)14-19/h6-9,14-15H,1-5,11-13,16H2. The summed E-state index contributed by atoms with van der Waals surface area (Å²) in [6.07, 6.45) is 4.43. The van der Waals surface area contributed by atoms with Gasteiger partial charge in [-0.2, -0.15) is 5.26 Å². The minimum atomic E-state index is -0.524. The topological polar surface area (TPSA) is 88.9 Å². The Morgan fingerprint density at radius 3 is 2.58 bits per heavy atom. The van der Waals surface area contributed by atoms with E-state index >= 15 is 0 Å². The fourth-order valence-electron chi connectivity index (χ4n) is 3.91. The number of fused-ring (bicyclic) bond motifs is 2. The lowest BCUT2D eigenvalue weighted by molar-refractivity contribution is -0.121. The predicted molar refractivity (Wildman–Crippen MR) is 113 cm³/mol. The average molecular weight is 420 g/mol. The van der Waals surface area contributed by atoms with Crippen LogP contribution in [0.3, 0.4) is 0 Å². The molecule has 0 spiro atoms. The van der Waals surface area contributed by atoms with Crippen molar-refractivity contribution in [2.24, 2.45) is 0 Å². The van der Waals surface area contributed by atoms with Crippen molar-refractivity contribution in [2.75, 3.05) is 31.3 Å². The lowest BCUT2D eigenvalue weighted by Crippen LogP contribution is -2.35. The van der Waals surface area contributed by atoms with Crippen molar-refractivity contribution >= 4 is 17.6 Å². The summed E-state index contributed by atoms with van der Waals surface area (Å²) in [5.74, 6) is 0.230. The minimum Gasteiger partial charge on any atom is -0.486 e. The van der Waals surface area contributed by atoms with Crippen LogP contribution in [-0.2, 0) is 22.4 Å². The van der Waals surface area contributed by atoms with Gasteiger partial charge in [-0.1, -0.05) is 6.07 Å². The number of nitriles is 1. The van der Waals surface area contributed by atoms with Gasteiger partial charge in [0.25, 0.3) is 5.91 Å². The van der Waals surface area contributed by atoms with Gasteiger partial charge in [-0.25, -0.2) is 4.79 Å². The van der Waals surface area contributed by atoms with E-state index in [1.807, 2.05) is 18.2 Å². The fourth-order valence-corrected chi connectivity index (χ4v) is 3.91. The van der Waals surface area contributed by atoms with E-state index in [0.29, 0.717) is 36.0 Å². The fraction of sp³-hybridized carbons (Fsp3) is 0.375. The Labute approximate surface area is 181 Å². The van der Waals surface area contributed by atoms with Crippen LogP contribution < -0.4 is 14.4 Å². The van der Waals surface area contributed by atoms with Crippen LogP contribution in [0.1, 0.15) is 40.7 Å². The van der Waals surface area contributed by atoms with Gasteiger partial charge in [0.2, 0.25) is 0 Å². The molecule has 0 unspecified atom stereocenters. The lowest BCUT2D eigenvalue weighted by atomic mass is 9.90. The molecule has 1 aliphatic carbocycles. The van der Waals surface area contributed by atoms with Crippen LogP contribution in [0.25, 0.3) is 0 Å². The second-order valence-corrected chi connectivity index (χ2v) is 7.55. The first-order valence-electron chi connectivity index (χ1n) is 10.5. The zero-order chi connectivity index (χ0) is 21.6. The average Bonchev–Trinajstić information content (AvgIpc) is 2.82. The normalized spacial score (nSPS) is 14.2. The number of hydrogen-bond acceptors (Lipinski definition) is 6. The van der Waals surface area contributed by atoms with Crippen molar-refractivity contribution in [3.63, 3.8) is 0 Å². The first-order valence-corrected chi connectivity index (χ1v) is 10.5. The molecule has 4 rings (SSSR count). The van der Waals surface area contributed by atoms with Crippen molar-refractivity contribution in [1.82, 2.24) is 0 Å². The van der Waals surface area contributed by atoms with Gasteiger partial charge < -0.3 is 19.1 Å². The summed E-state index contributed by atoms with van der Waals surface area (Å²) < 4.78 is 16.4. The number of ether oxygens (including phenoxy) is 3. The number of amides is 1. The molecular formula is C24H24N2O5. The summed E-state index contributed by atoms with van der Waals surface area (Å²) in [6.45, 7) is 0.685. The van der Waals surface area contributed by atoms with Crippen molar-refractivity contribution in [3.05, 3.63) is 53.1 Å². The van der Waals surface area contributed by atoms with Crippen LogP contribution in [-0.4, -0.2) is 38.2 Å². The Morgan fingerprint density at radius 2 is 1.77 bits per heavy atom. The Balaban J connectivity index is 1.44. The molecule has 1 aliphatic heterocycles. The van der Waals surface area contributed by atoms with E-state index in [2.05, 4.69) is 0 Å². The van der Waals surface area contributed by atoms with Gasteiger partial charge in [-0.15, -0.1) is 0 Å². The second-order valence-electron chi connectivity index (χ2n) is 7.55. The SMILES string of the molecule is N#CCCN(C(=O)COC(=O)c1ccc2c(c1)CCCC2)c1ccc2c(c1)OCCO2. The number of nitrogens with zero attached hydrogens (tertiary/aromatic N) is 2. The molecule has 0 N–H and O–H groups in total. The van der Waals surface area contributed by atoms with Gasteiger partial charge in [-0.3, -0.25) is 4.79 Å². The molecule has 7 nitrogen and oxygen atoms in total. The molecule has 2 aromatic carbocycles. The highest BCUT2D eigenvalue weighted by Gasteiger charge is 2.21. The monoisotopic (exact) mass is 420 g/mol. The van der Waals surface area contributed by atoms with Crippen molar-refractivity contribution in [1.29, 1.82) is 5.26 Å². The van der Waals surface area contributed by atoms with Crippen LogP contribution in [0.5, 0.6) is 11.5 Å². The van der Waals surface area contributed by atoms with Gasteiger partial charge >= 0.3 is 5.97 Å². The van der Waals surface area contributed by atoms with E-state index in [1.165, 1.54) is 22.4 Å². The third-order valence-corrected chi connectivity index (χ3v) is 5.50. The van der Waals surface area contributed by atoms with Gasteiger partial charge in [-0.05, 0) is 61.1 Å². The van der Waals surface area contributed by atoms with Crippen LogP contribution in [0.4, 0.5) is 5.69 Å². The Kier molecular flexibility index (Phi) is 6.37. The lowest BCUT2D eigenvalue weighted by Gasteiger charge is -2.24. The van der Waals surface area contributed by atoms with Crippen LogP contribution in [0.2, 0.25) is 0 Å². The van der Waals surface area contributed by atoms with Gasteiger partial charge in [0.15, 0.2) is 18.1 Å². The van der Waals surface area contributed by atoms with Gasteiger partial charge in [0, 0.05) is 18.3 Å². The molecule has 1 heterocycles. The van der Waals surface area contributed by atoms with Crippen molar-refractivity contribution in [3.8, 4) is 17.6 Å². The molecule has 160 valence electrons. The number of anilines is 1. The van der Waals surface area contributed by atoms with Gasteiger partial charge in [0.1, 0.15) is 13.2 Å². The zero-order valence-electron chi connectivity index (χ0n) is 17.3. The molecule has 0 fully saturated rings. The molecule has 0 saturated carbocycles. The molecular weight excluding hydrogens is 396 g/mol. The molecule has 2 aliphatic rings. The van der Waals surface area contributed by atoms with E-state index in [0.717, 1.165) is 19.3 Å². The van der Waals surface area contributed by atoms with E-state index in [-0.39, 0.29) is 13.0 Å². The summed E-state index contributed by atoms with van der Waals surface area (Å²) >= 11 is 0. The first-order chi connectivity index (χ1) is 15.2. The summed E-state index contributed by atoms with van der Waals surface area (Å²) in [5.41, 5.74) is 3.48. The number of benzene rings is 2. The summed E-state index contributed by atoms with van der Waals surface area (Å²) in [5, 5.41) is 8.98. The van der Waals surface area contributed by atoms with Crippen molar-refractivity contribution < 1.29 is 23.8 Å². The molecule has 0 aromatic heterocycles. The molecule has 1 amide bonds. The maximum Gasteiger partial charge on any atom is 0.338 e. The second kappa shape index (κ2) is 9.52. The molecule has 0 atom stereocenters. The highest BCUT2D eigenvalue weighted by Crippen LogP contribution is 2.34. The highest BCUT2D eigenvalue weighted by molar-refractivity contribution is 5.97. The molecule has 0 radical (unpaired) electrons. The third-order valence-electron chi connectivity index (χ3n) is 5.50. The van der Waals surface area contributed by atoms with Crippen molar-refractivity contribution in [2.45, 2.75) is 32.1 Å². The Bertz CT molecular complexity index is 1030. The van der Waals surface area contributed by atoms with E-state index < -0.39 is 18.5 Å². The summed E-state index contributed by atoms with van der Waals surface area (Å²) in [4.78, 5) is 26.8. The molecule has 0 saturated heterocycles. The zero-order valence-corrected chi connectivity index (χ0v) is 17.3. The number of carbonyl (C=O) groups excluding carboxylic acids is 2. The predicted octanol–water partition coefficient (Wildman–Crippen LogP) is 3.44. The molecule has 0 bridgehead atoms. The Morgan fingerprint density at radius 1 is 1.00 bits per heavy atom. The number of esters is 1. The molecule has 7 heteroatoms. The first kappa shape index (κ1) is 20.7. The summed E-state index contributed by atoms with van der Waals surface area (Å²) in [6, 6.07) is 12.8. The van der Waals surface area contributed by atoms with Crippen LogP contribution in [0, 0.1) is 11.3 Å². The smallest absolute Gasteiger partial charge is 0.338 e. The number of aryl methyl sites for hydroxylation is 2. The number of rotatable bonds is 6. The quantitative estimate of drug-likeness (QED) is 0.665. The third kappa shape index (κ3) is 4.80. The highest BCUT2D eigenvalue weighted by atomic mass is 16.6. The molecule has 2 aromatic rings. The Hall–Kier alpha value is -3.53. The molecule has 31 heavy (non-hydrogen) atoms.